The Balaban J connectivity index is 2.26. The number of piperazine rings is 1. The lowest BCUT2D eigenvalue weighted by atomic mass is 10.1. The topological polar surface area (TPSA) is 23.6 Å². The number of carbonyl (C=O) groups is 1. The molecule has 0 N–H and O–H groups in total. The van der Waals surface area contributed by atoms with Gasteiger partial charge in [0, 0.05) is 26.2 Å². The zero-order chi connectivity index (χ0) is 13.3. The highest BCUT2D eigenvalue weighted by Crippen LogP contribution is 2.23. The van der Waals surface area contributed by atoms with Crippen molar-refractivity contribution in [2.24, 2.45) is 0 Å². The van der Waals surface area contributed by atoms with Crippen molar-refractivity contribution in [3.05, 3.63) is 33.8 Å². The molecule has 1 saturated heterocycles. The van der Waals surface area contributed by atoms with Crippen LogP contribution < -0.4 is 0 Å². The molecule has 1 amide bonds. The second kappa shape index (κ2) is 5.32. The van der Waals surface area contributed by atoms with Crippen molar-refractivity contribution in [3.8, 4) is 0 Å². The van der Waals surface area contributed by atoms with Crippen LogP contribution in [0.5, 0.6) is 0 Å². The van der Waals surface area contributed by atoms with Crippen LogP contribution in [0.4, 0.5) is 8.78 Å². The van der Waals surface area contributed by atoms with E-state index in [2.05, 4.69) is 20.8 Å². The quantitative estimate of drug-likeness (QED) is 0.740. The zero-order valence-corrected chi connectivity index (χ0v) is 11.5. The third-order valence-corrected chi connectivity index (χ3v) is 3.66. The molecule has 0 aliphatic carbocycles. The Labute approximate surface area is 112 Å². The average molecular weight is 319 g/mol. The van der Waals surface area contributed by atoms with Gasteiger partial charge >= 0.3 is 0 Å². The van der Waals surface area contributed by atoms with Gasteiger partial charge in [-0.15, -0.1) is 0 Å². The van der Waals surface area contributed by atoms with Gasteiger partial charge in [-0.25, -0.2) is 8.78 Å². The van der Waals surface area contributed by atoms with Crippen LogP contribution in [0.25, 0.3) is 0 Å². The number of halogens is 3. The summed E-state index contributed by atoms with van der Waals surface area (Å²) < 4.78 is 27.5. The fourth-order valence-corrected chi connectivity index (χ4v) is 2.22. The van der Waals surface area contributed by atoms with Crippen molar-refractivity contribution in [2.75, 3.05) is 33.2 Å². The summed E-state index contributed by atoms with van der Waals surface area (Å²) in [4.78, 5) is 15.7. The number of hydrogen-bond donors (Lipinski definition) is 0. The maximum atomic E-state index is 13.8. The largest absolute Gasteiger partial charge is 0.336 e. The third kappa shape index (κ3) is 2.54. The summed E-state index contributed by atoms with van der Waals surface area (Å²) in [5.41, 5.74) is -0.478. The molecule has 1 aliphatic heterocycles. The van der Waals surface area contributed by atoms with Gasteiger partial charge in [0.25, 0.3) is 5.91 Å². The minimum atomic E-state index is -0.834. The maximum Gasteiger partial charge on any atom is 0.259 e. The molecule has 1 fully saturated rings. The van der Waals surface area contributed by atoms with E-state index >= 15 is 0 Å². The highest BCUT2D eigenvalue weighted by Gasteiger charge is 2.26. The number of benzene rings is 1. The molecule has 0 atom stereocenters. The number of carbonyl (C=O) groups excluding carboxylic acids is 1. The Kier molecular flexibility index (Phi) is 3.97. The molecule has 0 unspecified atom stereocenters. The standard InChI is InChI=1S/C12H13BrF2N2O/c1-16-4-6-17(7-5-16)12(18)10-9(14)3-2-8(13)11(10)15/h2-3H,4-7H2,1H3. The second-order valence-corrected chi connectivity index (χ2v) is 5.17. The lowest BCUT2D eigenvalue weighted by molar-refractivity contribution is 0.0654. The average Bonchev–Trinajstić information content (AvgIpc) is 2.35. The minimum Gasteiger partial charge on any atom is -0.336 e. The summed E-state index contributed by atoms with van der Waals surface area (Å²) in [6, 6.07) is 2.35. The molecule has 1 aliphatic rings. The predicted octanol–water partition coefficient (Wildman–Crippen LogP) is 2.11. The number of hydrogen-bond acceptors (Lipinski definition) is 2. The first kappa shape index (κ1) is 13.4. The van der Waals surface area contributed by atoms with Gasteiger partial charge in [0.05, 0.1) is 4.47 Å². The molecule has 0 bridgehead atoms. The Morgan fingerprint density at radius 1 is 1.22 bits per heavy atom. The van der Waals surface area contributed by atoms with Crippen LogP contribution in [0.3, 0.4) is 0 Å². The van der Waals surface area contributed by atoms with Crippen molar-refractivity contribution < 1.29 is 13.6 Å². The van der Waals surface area contributed by atoms with Gasteiger partial charge in [-0.3, -0.25) is 4.79 Å². The first-order valence-electron chi connectivity index (χ1n) is 5.62. The lowest BCUT2D eigenvalue weighted by Gasteiger charge is -2.32. The van der Waals surface area contributed by atoms with Crippen LogP contribution in [-0.2, 0) is 0 Å². The van der Waals surface area contributed by atoms with E-state index in [4.69, 9.17) is 0 Å². The molecule has 3 nitrogen and oxygen atoms in total. The van der Waals surface area contributed by atoms with E-state index in [1.165, 1.54) is 11.0 Å². The van der Waals surface area contributed by atoms with E-state index in [0.29, 0.717) is 26.2 Å². The van der Waals surface area contributed by atoms with Crippen LogP contribution in [0, 0.1) is 11.6 Å². The van der Waals surface area contributed by atoms with E-state index in [1.54, 1.807) is 0 Å². The van der Waals surface area contributed by atoms with Crippen molar-refractivity contribution in [3.63, 3.8) is 0 Å². The minimum absolute atomic E-state index is 0.0985. The van der Waals surface area contributed by atoms with Crippen LogP contribution >= 0.6 is 15.9 Å². The molecule has 0 saturated carbocycles. The Hall–Kier alpha value is -1.01. The van der Waals surface area contributed by atoms with Gasteiger partial charge in [-0.1, -0.05) is 0 Å². The first-order valence-corrected chi connectivity index (χ1v) is 6.41. The molecule has 2 rings (SSSR count). The van der Waals surface area contributed by atoms with Crippen molar-refractivity contribution >= 4 is 21.8 Å². The van der Waals surface area contributed by atoms with E-state index < -0.39 is 23.1 Å². The number of likely N-dealkylation sites (N-methyl/N-ethyl adjacent to an activating group) is 1. The number of nitrogens with zero attached hydrogens (tertiary/aromatic N) is 2. The van der Waals surface area contributed by atoms with Crippen LogP contribution in [0.1, 0.15) is 10.4 Å². The molecule has 0 radical (unpaired) electrons. The summed E-state index contributed by atoms with van der Waals surface area (Å²) in [5.74, 6) is -2.24. The fourth-order valence-electron chi connectivity index (χ4n) is 1.89. The highest BCUT2D eigenvalue weighted by molar-refractivity contribution is 9.10. The Morgan fingerprint density at radius 3 is 2.44 bits per heavy atom. The van der Waals surface area contributed by atoms with E-state index in [1.807, 2.05) is 7.05 Å². The molecule has 0 aromatic heterocycles. The molecule has 18 heavy (non-hydrogen) atoms. The van der Waals surface area contributed by atoms with Gasteiger partial charge in [0.2, 0.25) is 0 Å². The summed E-state index contributed by atoms with van der Waals surface area (Å²) in [6.07, 6.45) is 0. The number of rotatable bonds is 1. The van der Waals surface area contributed by atoms with Gasteiger partial charge in [-0.2, -0.15) is 0 Å². The zero-order valence-electron chi connectivity index (χ0n) is 9.92. The van der Waals surface area contributed by atoms with Crippen molar-refractivity contribution in [1.29, 1.82) is 0 Å². The van der Waals surface area contributed by atoms with E-state index in [9.17, 15) is 13.6 Å². The molecule has 0 spiro atoms. The van der Waals surface area contributed by atoms with Gasteiger partial charge in [0.15, 0.2) is 5.82 Å². The summed E-state index contributed by atoms with van der Waals surface area (Å²) in [6.45, 7) is 2.40. The Morgan fingerprint density at radius 2 is 1.83 bits per heavy atom. The monoisotopic (exact) mass is 318 g/mol. The molecule has 1 aromatic rings. The Bertz CT molecular complexity index is 473. The van der Waals surface area contributed by atoms with Crippen LogP contribution in [0.15, 0.2) is 16.6 Å². The van der Waals surface area contributed by atoms with Gasteiger partial charge in [0.1, 0.15) is 11.4 Å². The van der Waals surface area contributed by atoms with Crippen molar-refractivity contribution in [2.45, 2.75) is 0 Å². The van der Waals surface area contributed by atoms with Gasteiger partial charge in [-0.05, 0) is 35.1 Å². The fraction of sp³-hybridized carbons (Fsp3) is 0.417. The lowest BCUT2D eigenvalue weighted by Crippen LogP contribution is -2.47. The summed E-state index contributed by atoms with van der Waals surface area (Å²) in [5, 5.41) is 0. The summed E-state index contributed by atoms with van der Waals surface area (Å²) in [7, 11) is 1.95. The smallest absolute Gasteiger partial charge is 0.259 e. The second-order valence-electron chi connectivity index (χ2n) is 4.31. The molecule has 1 aromatic carbocycles. The normalized spacial score (nSPS) is 17.0. The van der Waals surface area contributed by atoms with E-state index in [-0.39, 0.29) is 4.47 Å². The van der Waals surface area contributed by atoms with Gasteiger partial charge < -0.3 is 9.80 Å². The molecular formula is C12H13BrF2N2O. The molecular weight excluding hydrogens is 306 g/mol. The molecule has 6 heteroatoms. The maximum absolute atomic E-state index is 13.8. The van der Waals surface area contributed by atoms with Crippen LogP contribution in [-0.4, -0.2) is 48.9 Å². The SMILES string of the molecule is CN1CCN(C(=O)c2c(F)ccc(Br)c2F)CC1. The molecule has 98 valence electrons. The molecule has 1 heterocycles. The highest BCUT2D eigenvalue weighted by atomic mass is 79.9. The van der Waals surface area contributed by atoms with E-state index in [0.717, 1.165) is 6.07 Å². The predicted molar refractivity (Wildman–Crippen MR) is 67.5 cm³/mol. The third-order valence-electron chi connectivity index (χ3n) is 3.05. The first-order chi connectivity index (χ1) is 8.50. The summed E-state index contributed by atoms with van der Waals surface area (Å²) >= 11 is 2.96. The van der Waals surface area contributed by atoms with Crippen LogP contribution in [0.2, 0.25) is 0 Å². The van der Waals surface area contributed by atoms with Crippen molar-refractivity contribution in [1.82, 2.24) is 9.80 Å². The number of amides is 1.